The number of benzene rings is 1. The molecule has 7 nitrogen and oxygen atoms in total. The highest BCUT2D eigenvalue weighted by molar-refractivity contribution is 7.98. The molecule has 1 aliphatic heterocycles. The van der Waals surface area contributed by atoms with Gasteiger partial charge in [0, 0.05) is 24.6 Å². The maximum Gasteiger partial charge on any atom is 0.319 e. The monoisotopic (exact) mass is 421 g/mol. The molecule has 154 valence electrons. The number of aromatic nitrogens is 5. The molecule has 1 saturated heterocycles. The van der Waals surface area contributed by atoms with Crippen molar-refractivity contribution < 1.29 is 18.3 Å². The van der Waals surface area contributed by atoms with Crippen LogP contribution in [0.4, 0.5) is 8.78 Å². The van der Waals surface area contributed by atoms with Crippen LogP contribution in [0.5, 0.6) is 5.75 Å². The van der Waals surface area contributed by atoms with Crippen molar-refractivity contribution in [3.63, 3.8) is 0 Å². The van der Waals surface area contributed by atoms with Crippen molar-refractivity contribution in [2.24, 2.45) is 0 Å². The quantitative estimate of drug-likeness (QED) is 0.512. The van der Waals surface area contributed by atoms with Gasteiger partial charge >= 0.3 is 6.55 Å². The number of methoxy groups -OCH3 is 1. The van der Waals surface area contributed by atoms with E-state index >= 15 is 0 Å². The summed E-state index contributed by atoms with van der Waals surface area (Å²) >= 11 is 1.34. The molecule has 1 fully saturated rings. The summed E-state index contributed by atoms with van der Waals surface area (Å²) in [6.45, 7) is -1.26. The Morgan fingerprint density at radius 3 is 2.79 bits per heavy atom. The van der Waals surface area contributed by atoms with Gasteiger partial charge in [-0.3, -0.25) is 9.13 Å². The first-order valence-electron chi connectivity index (χ1n) is 9.27. The van der Waals surface area contributed by atoms with E-state index in [-0.39, 0.29) is 11.9 Å². The molecule has 0 bridgehead atoms. The minimum atomic E-state index is -2.62. The summed E-state index contributed by atoms with van der Waals surface area (Å²) in [6.07, 6.45) is 4.74. The molecule has 0 spiro atoms. The Balaban J connectivity index is 1.60. The number of thioether (sulfide) groups is 1. The van der Waals surface area contributed by atoms with Crippen molar-refractivity contribution >= 4 is 11.8 Å². The largest absolute Gasteiger partial charge is 0.497 e. The second-order valence-electron chi connectivity index (χ2n) is 6.60. The van der Waals surface area contributed by atoms with E-state index < -0.39 is 6.55 Å². The number of halogens is 2. The molecule has 0 amide bonds. The molecule has 0 N–H and O–H groups in total. The van der Waals surface area contributed by atoms with E-state index in [9.17, 15) is 8.78 Å². The summed E-state index contributed by atoms with van der Waals surface area (Å²) in [6, 6.07) is 7.58. The van der Waals surface area contributed by atoms with Crippen LogP contribution in [0.3, 0.4) is 0 Å². The third-order valence-corrected chi connectivity index (χ3v) is 5.73. The van der Waals surface area contributed by atoms with Crippen molar-refractivity contribution in [3.05, 3.63) is 42.5 Å². The van der Waals surface area contributed by atoms with Crippen LogP contribution in [0.15, 0.2) is 41.8 Å². The van der Waals surface area contributed by atoms with Gasteiger partial charge in [0.1, 0.15) is 11.6 Å². The van der Waals surface area contributed by atoms with E-state index in [0.29, 0.717) is 23.4 Å². The number of hydrogen-bond acceptors (Lipinski definition) is 6. The highest BCUT2D eigenvalue weighted by Gasteiger charge is 2.22. The summed E-state index contributed by atoms with van der Waals surface area (Å²) in [4.78, 5) is 4.04. The number of nitrogens with zero attached hydrogens (tertiary/aromatic N) is 5. The summed E-state index contributed by atoms with van der Waals surface area (Å²) < 4.78 is 40.0. The van der Waals surface area contributed by atoms with Gasteiger partial charge in [0.25, 0.3) is 0 Å². The van der Waals surface area contributed by atoms with Crippen LogP contribution < -0.4 is 4.74 Å². The van der Waals surface area contributed by atoms with Crippen LogP contribution in [0, 0.1) is 0 Å². The van der Waals surface area contributed by atoms with E-state index in [0.717, 1.165) is 35.3 Å². The molecule has 10 heteroatoms. The Labute approximate surface area is 171 Å². The molecular formula is C19H21F2N5O2S. The number of hydrogen-bond donors (Lipinski definition) is 0. The molecular weight excluding hydrogens is 400 g/mol. The van der Waals surface area contributed by atoms with Gasteiger partial charge in [-0.05, 0) is 37.1 Å². The van der Waals surface area contributed by atoms with Crippen molar-refractivity contribution in [1.82, 2.24) is 24.3 Å². The first-order chi connectivity index (χ1) is 14.2. The Morgan fingerprint density at radius 2 is 2.10 bits per heavy atom. The van der Waals surface area contributed by atoms with E-state index in [1.165, 1.54) is 24.2 Å². The van der Waals surface area contributed by atoms with Gasteiger partial charge in [-0.2, -0.15) is 8.78 Å². The van der Waals surface area contributed by atoms with Crippen molar-refractivity contribution in [3.8, 4) is 17.1 Å². The van der Waals surface area contributed by atoms with Crippen molar-refractivity contribution in [2.45, 2.75) is 42.9 Å². The van der Waals surface area contributed by atoms with Crippen LogP contribution in [-0.2, 0) is 17.0 Å². The summed E-state index contributed by atoms with van der Waals surface area (Å²) in [5.41, 5.74) is 0.900. The number of ether oxygens (including phenoxy) is 2. The molecule has 0 aliphatic carbocycles. The maximum absolute atomic E-state index is 13.1. The SMILES string of the molecule is COc1ccc(-c2nnc(SCc3nccn3C(F)F)n2CC2CCCO2)cc1. The maximum atomic E-state index is 13.1. The zero-order valence-corrected chi connectivity index (χ0v) is 16.7. The predicted octanol–water partition coefficient (Wildman–Crippen LogP) is 4.02. The van der Waals surface area contributed by atoms with E-state index in [1.807, 2.05) is 28.8 Å². The minimum absolute atomic E-state index is 0.0883. The second kappa shape index (κ2) is 8.91. The second-order valence-corrected chi connectivity index (χ2v) is 7.54. The fourth-order valence-electron chi connectivity index (χ4n) is 3.27. The lowest BCUT2D eigenvalue weighted by atomic mass is 10.2. The average Bonchev–Trinajstić information content (AvgIpc) is 3.48. The van der Waals surface area contributed by atoms with Crippen LogP contribution in [0.1, 0.15) is 25.2 Å². The molecule has 3 aromatic rings. The number of imidazole rings is 1. The highest BCUT2D eigenvalue weighted by atomic mass is 32.2. The van der Waals surface area contributed by atoms with Crippen LogP contribution >= 0.6 is 11.8 Å². The lowest BCUT2D eigenvalue weighted by Gasteiger charge is -2.15. The van der Waals surface area contributed by atoms with Gasteiger partial charge in [0.05, 0.1) is 25.5 Å². The van der Waals surface area contributed by atoms with Crippen molar-refractivity contribution in [2.75, 3.05) is 13.7 Å². The van der Waals surface area contributed by atoms with E-state index in [4.69, 9.17) is 9.47 Å². The Morgan fingerprint density at radius 1 is 1.28 bits per heavy atom. The molecule has 0 saturated carbocycles. The molecule has 3 heterocycles. The molecule has 0 radical (unpaired) electrons. The molecule has 1 atom stereocenters. The lowest BCUT2D eigenvalue weighted by Crippen LogP contribution is -2.16. The zero-order chi connectivity index (χ0) is 20.2. The Hall–Kier alpha value is -2.46. The normalized spacial score (nSPS) is 16.6. The molecule has 1 aromatic carbocycles. The summed E-state index contributed by atoms with van der Waals surface area (Å²) in [5, 5.41) is 9.33. The highest BCUT2D eigenvalue weighted by Crippen LogP contribution is 2.29. The smallest absolute Gasteiger partial charge is 0.319 e. The standard InChI is InChI=1S/C19H21F2N5O2S/c1-27-14-6-4-13(5-7-14)17-23-24-19(26(17)11-15-3-2-10-28-15)29-12-16-22-8-9-25(16)18(20)21/h4-9,15,18H,2-3,10-12H2,1H3. The first-order valence-corrected chi connectivity index (χ1v) is 10.3. The predicted molar refractivity (Wildman–Crippen MR) is 104 cm³/mol. The summed E-state index contributed by atoms with van der Waals surface area (Å²) in [5.74, 6) is 2.03. The van der Waals surface area contributed by atoms with Gasteiger partial charge in [0.2, 0.25) is 0 Å². The van der Waals surface area contributed by atoms with Gasteiger partial charge in [-0.15, -0.1) is 10.2 Å². The average molecular weight is 421 g/mol. The topological polar surface area (TPSA) is 67.0 Å². The third kappa shape index (κ3) is 4.43. The molecule has 2 aromatic heterocycles. The molecule has 29 heavy (non-hydrogen) atoms. The fourth-order valence-corrected chi connectivity index (χ4v) is 4.17. The van der Waals surface area contributed by atoms with E-state index in [2.05, 4.69) is 15.2 Å². The minimum Gasteiger partial charge on any atom is -0.497 e. The van der Waals surface area contributed by atoms with Crippen LogP contribution in [0.2, 0.25) is 0 Å². The third-order valence-electron chi connectivity index (χ3n) is 4.76. The van der Waals surface area contributed by atoms with E-state index in [1.54, 1.807) is 7.11 Å². The zero-order valence-electron chi connectivity index (χ0n) is 15.9. The summed E-state index contributed by atoms with van der Waals surface area (Å²) in [7, 11) is 1.62. The number of rotatable bonds is 8. The van der Waals surface area contributed by atoms with Crippen LogP contribution in [-0.4, -0.2) is 44.1 Å². The number of alkyl halides is 2. The molecule has 1 unspecified atom stereocenters. The van der Waals surface area contributed by atoms with Gasteiger partial charge in [0.15, 0.2) is 11.0 Å². The molecule has 4 rings (SSSR count). The van der Waals surface area contributed by atoms with Gasteiger partial charge in [-0.25, -0.2) is 4.98 Å². The Kier molecular flexibility index (Phi) is 6.10. The van der Waals surface area contributed by atoms with Gasteiger partial charge < -0.3 is 9.47 Å². The lowest BCUT2D eigenvalue weighted by molar-refractivity contribution is 0.0678. The van der Waals surface area contributed by atoms with Crippen molar-refractivity contribution in [1.29, 1.82) is 0 Å². The van der Waals surface area contributed by atoms with Gasteiger partial charge in [-0.1, -0.05) is 11.8 Å². The first kappa shape index (κ1) is 19.8. The molecule has 1 aliphatic rings. The van der Waals surface area contributed by atoms with Crippen LogP contribution in [0.25, 0.3) is 11.4 Å². The Bertz CT molecular complexity index is 938. The fraction of sp³-hybridized carbons (Fsp3) is 0.421.